The predicted molar refractivity (Wildman–Crippen MR) is 94.2 cm³/mol. The van der Waals surface area contributed by atoms with Crippen molar-refractivity contribution in [2.24, 2.45) is 5.10 Å². The average molecular weight is 326 g/mol. The highest BCUT2D eigenvalue weighted by atomic mass is 32.1. The third kappa shape index (κ3) is 3.03. The fourth-order valence-electron chi connectivity index (χ4n) is 2.58. The van der Waals surface area contributed by atoms with Gasteiger partial charge in [0.05, 0.1) is 5.71 Å². The van der Waals surface area contributed by atoms with Crippen molar-refractivity contribution in [1.82, 2.24) is 15.4 Å². The van der Waals surface area contributed by atoms with Crippen LogP contribution in [0.2, 0.25) is 0 Å². The SMILES string of the molecule is C/C(=N\NC(=O)c1[nH]c2ccccc2c1C(C)C)c1nccs1. The Morgan fingerprint density at radius 3 is 2.83 bits per heavy atom. The van der Waals surface area contributed by atoms with Crippen molar-refractivity contribution in [3.63, 3.8) is 0 Å². The Balaban J connectivity index is 1.92. The molecule has 1 aromatic carbocycles. The minimum atomic E-state index is -0.235. The first-order valence-electron chi connectivity index (χ1n) is 7.43. The number of benzene rings is 1. The number of rotatable bonds is 4. The van der Waals surface area contributed by atoms with Crippen molar-refractivity contribution in [3.05, 3.63) is 52.1 Å². The van der Waals surface area contributed by atoms with E-state index in [0.717, 1.165) is 21.5 Å². The number of H-pyrrole nitrogens is 1. The summed E-state index contributed by atoms with van der Waals surface area (Å²) in [7, 11) is 0. The molecule has 1 amide bonds. The molecule has 2 N–H and O–H groups in total. The van der Waals surface area contributed by atoms with Gasteiger partial charge in [-0.25, -0.2) is 10.4 Å². The number of hydrazone groups is 1. The number of fused-ring (bicyclic) bond motifs is 1. The first-order chi connectivity index (χ1) is 11.1. The fourth-order valence-corrected chi connectivity index (χ4v) is 3.17. The van der Waals surface area contributed by atoms with E-state index < -0.39 is 0 Å². The maximum Gasteiger partial charge on any atom is 0.288 e. The molecule has 6 heteroatoms. The number of hydrogen-bond donors (Lipinski definition) is 2. The van der Waals surface area contributed by atoms with Crippen LogP contribution < -0.4 is 5.43 Å². The largest absolute Gasteiger partial charge is 0.350 e. The molecule has 0 bridgehead atoms. The van der Waals surface area contributed by atoms with Gasteiger partial charge in [0.15, 0.2) is 0 Å². The smallest absolute Gasteiger partial charge is 0.288 e. The topological polar surface area (TPSA) is 70.1 Å². The molecular weight excluding hydrogens is 308 g/mol. The van der Waals surface area contributed by atoms with Gasteiger partial charge in [0.2, 0.25) is 0 Å². The molecule has 0 saturated carbocycles. The number of para-hydroxylation sites is 1. The van der Waals surface area contributed by atoms with Crippen LogP contribution in [-0.2, 0) is 0 Å². The van der Waals surface area contributed by atoms with Gasteiger partial charge in [-0.2, -0.15) is 5.10 Å². The Morgan fingerprint density at radius 2 is 2.13 bits per heavy atom. The average Bonchev–Trinajstić information content (AvgIpc) is 3.19. The summed E-state index contributed by atoms with van der Waals surface area (Å²) in [5, 5.41) is 7.91. The van der Waals surface area contributed by atoms with Crippen molar-refractivity contribution in [2.45, 2.75) is 26.7 Å². The summed E-state index contributed by atoms with van der Waals surface area (Å²) in [6.45, 7) is 5.99. The standard InChI is InChI=1S/C17H18N4OS/c1-10(2)14-12-6-4-5-7-13(12)19-15(14)16(22)21-20-11(3)17-18-8-9-23-17/h4-10,19H,1-3H3,(H,21,22)/b20-11+. The van der Waals surface area contributed by atoms with E-state index in [1.165, 1.54) is 11.3 Å². The van der Waals surface area contributed by atoms with E-state index in [-0.39, 0.29) is 11.8 Å². The van der Waals surface area contributed by atoms with Gasteiger partial charge >= 0.3 is 0 Å². The molecule has 2 aromatic heterocycles. The van der Waals surface area contributed by atoms with Crippen LogP contribution >= 0.6 is 11.3 Å². The number of hydrogen-bond acceptors (Lipinski definition) is 4. The normalized spacial score (nSPS) is 12.1. The second-order valence-corrected chi connectivity index (χ2v) is 6.48. The minimum Gasteiger partial charge on any atom is -0.350 e. The number of aromatic nitrogens is 2. The van der Waals surface area contributed by atoms with E-state index in [1.807, 2.05) is 36.6 Å². The summed E-state index contributed by atoms with van der Waals surface area (Å²) >= 11 is 1.49. The van der Waals surface area contributed by atoms with Crippen LogP contribution in [0.4, 0.5) is 0 Å². The van der Waals surface area contributed by atoms with E-state index in [2.05, 4.69) is 34.3 Å². The number of nitrogens with one attached hydrogen (secondary N) is 2. The molecule has 0 saturated heterocycles. The Morgan fingerprint density at radius 1 is 1.35 bits per heavy atom. The summed E-state index contributed by atoms with van der Waals surface area (Å²) in [5.41, 5.74) is 5.86. The van der Waals surface area contributed by atoms with Gasteiger partial charge in [-0.05, 0) is 24.5 Å². The molecule has 0 aliphatic rings. The third-order valence-corrected chi connectivity index (χ3v) is 4.50. The highest BCUT2D eigenvalue weighted by Crippen LogP contribution is 2.29. The number of amides is 1. The lowest BCUT2D eigenvalue weighted by atomic mass is 9.99. The summed E-state index contributed by atoms with van der Waals surface area (Å²) in [6, 6.07) is 7.94. The van der Waals surface area contributed by atoms with Crippen LogP contribution in [0.1, 0.15) is 47.7 Å². The second-order valence-electron chi connectivity index (χ2n) is 5.59. The molecule has 3 aromatic rings. The quantitative estimate of drug-likeness (QED) is 0.564. The van der Waals surface area contributed by atoms with E-state index >= 15 is 0 Å². The summed E-state index contributed by atoms with van der Waals surface area (Å²) in [5.74, 6) is -0.00301. The molecular formula is C17H18N4OS. The first-order valence-corrected chi connectivity index (χ1v) is 8.31. The van der Waals surface area contributed by atoms with Gasteiger partial charge in [0.25, 0.3) is 5.91 Å². The highest BCUT2D eigenvalue weighted by molar-refractivity contribution is 7.11. The summed E-state index contributed by atoms with van der Waals surface area (Å²) in [6.07, 6.45) is 1.72. The van der Waals surface area contributed by atoms with Crippen LogP contribution in [-0.4, -0.2) is 21.6 Å². The summed E-state index contributed by atoms with van der Waals surface area (Å²) in [4.78, 5) is 19.9. The Kier molecular flexibility index (Phi) is 4.25. The van der Waals surface area contributed by atoms with E-state index in [9.17, 15) is 4.79 Å². The van der Waals surface area contributed by atoms with E-state index in [4.69, 9.17) is 0 Å². The maximum absolute atomic E-state index is 12.5. The molecule has 2 heterocycles. The fraction of sp³-hybridized carbons (Fsp3) is 0.235. The van der Waals surface area contributed by atoms with Gasteiger partial charge < -0.3 is 4.98 Å². The van der Waals surface area contributed by atoms with Crippen LogP contribution in [0, 0.1) is 0 Å². The minimum absolute atomic E-state index is 0.232. The van der Waals surface area contributed by atoms with Crippen LogP contribution in [0.15, 0.2) is 40.9 Å². The van der Waals surface area contributed by atoms with Gasteiger partial charge in [0, 0.05) is 22.5 Å². The lowest BCUT2D eigenvalue weighted by molar-refractivity contribution is 0.0949. The number of carbonyl (C=O) groups is 1. The Hall–Kier alpha value is -2.47. The van der Waals surface area contributed by atoms with Gasteiger partial charge in [-0.15, -0.1) is 11.3 Å². The van der Waals surface area contributed by atoms with Crippen molar-refractivity contribution in [2.75, 3.05) is 0 Å². The molecule has 0 fully saturated rings. The molecule has 118 valence electrons. The number of nitrogens with zero attached hydrogens (tertiary/aromatic N) is 2. The number of aromatic amines is 1. The van der Waals surface area contributed by atoms with E-state index in [0.29, 0.717) is 11.4 Å². The van der Waals surface area contributed by atoms with Crippen LogP contribution in [0.3, 0.4) is 0 Å². The molecule has 0 spiro atoms. The van der Waals surface area contributed by atoms with Crippen molar-refractivity contribution >= 4 is 33.9 Å². The van der Waals surface area contributed by atoms with Crippen molar-refractivity contribution < 1.29 is 4.79 Å². The van der Waals surface area contributed by atoms with Crippen molar-refractivity contribution in [1.29, 1.82) is 0 Å². The van der Waals surface area contributed by atoms with Crippen LogP contribution in [0.25, 0.3) is 10.9 Å². The highest BCUT2D eigenvalue weighted by Gasteiger charge is 2.19. The molecule has 3 rings (SSSR count). The zero-order chi connectivity index (χ0) is 16.4. The molecule has 23 heavy (non-hydrogen) atoms. The maximum atomic E-state index is 12.5. The third-order valence-electron chi connectivity index (χ3n) is 3.62. The first kappa shape index (κ1) is 15.4. The molecule has 0 unspecified atom stereocenters. The molecule has 0 atom stereocenters. The molecule has 0 radical (unpaired) electrons. The Labute approximate surface area is 138 Å². The number of carbonyl (C=O) groups excluding carboxylic acids is 1. The van der Waals surface area contributed by atoms with Gasteiger partial charge in [-0.1, -0.05) is 32.0 Å². The van der Waals surface area contributed by atoms with Gasteiger partial charge in [0.1, 0.15) is 10.7 Å². The monoisotopic (exact) mass is 326 g/mol. The van der Waals surface area contributed by atoms with Crippen LogP contribution in [0.5, 0.6) is 0 Å². The Bertz CT molecular complexity index is 862. The second kappa shape index (κ2) is 6.34. The zero-order valence-corrected chi connectivity index (χ0v) is 14.1. The number of thiazole rings is 1. The zero-order valence-electron chi connectivity index (χ0n) is 13.3. The predicted octanol–water partition coefficient (Wildman–Crippen LogP) is 3.90. The lowest BCUT2D eigenvalue weighted by Gasteiger charge is -2.07. The molecule has 0 aliphatic heterocycles. The summed E-state index contributed by atoms with van der Waals surface area (Å²) < 4.78 is 0. The van der Waals surface area contributed by atoms with E-state index in [1.54, 1.807) is 6.20 Å². The molecule has 5 nitrogen and oxygen atoms in total. The lowest BCUT2D eigenvalue weighted by Crippen LogP contribution is -2.21. The van der Waals surface area contributed by atoms with Crippen molar-refractivity contribution in [3.8, 4) is 0 Å². The van der Waals surface area contributed by atoms with Gasteiger partial charge in [-0.3, -0.25) is 4.79 Å². The molecule has 0 aliphatic carbocycles.